The van der Waals surface area contributed by atoms with Gasteiger partial charge < -0.3 is 28.4 Å². The summed E-state index contributed by atoms with van der Waals surface area (Å²) in [6, 6.07) is 14.2. The SMILES string of the molecule is COc1ccc(COCC2(COCc3ccc(OC)cc3)OC(=S)OCC2(F)F)cc1. The van der Waals surface area contributed by atoms with Gasteiger partial charge in [0.15, 0.2) is 6.61 Å². The van der Waals surface area contributed by atoms with E-state index in [0.717, 1.165) is 11.1 Å². The Balaban J connectivity index is 1.64. The van der Waals surface area contributed by atoms with Gasteiger partial charge >= 0.3 is 11.2 Å². The van der Waals surface area contributed by atoms with Gasteiger partial charge in [0.1, 0.15) is 11.5 Å². The van der Waals surface area contributed by atoms with Crippen molar-refractivity contribution in [1.82, 2.24) is 0 Å². The van der Waals surface area contributed by atoms with Gasteiger partial charge in [0, 0.05) is 12.2 Å². The van der Waals surface area contributed by atoms with Crippen LogP contribution in [0.5, 0.6) is 11.5 Å². The van der Waals surface area contributed by atoms with Gasteiger partial charge in [0.2, 0.25) is 5.60 Å². The van der Waals surface area contributed by atoms with Crippen LogP contribution in [0.25, 0.3) is 0 Å². The van der Waals surface area contributed by atoms with Crippen LogP contribution in [-0.4, -0.2) is 50.8 Å². The maximum absolute atomic E-state index is 14.8. The molecule has 31 heavy (non-hydrogen) atoms. The van der Waals surface area contributed by atoms with Gasteiger partial charge in [-0.3, -0.25) is 0 Å². The van der Waals surface area contributed by atoms with Crippen molar-refractivity contribution < 1.29 is 37.2 Å². The highest BCUT2D eigenvalue weighted by Crippen LogP contribution is 2.38. The summed E-state index contributed by atoms with van der Waals surface area (Å²) < 4.78 is 61.1. The topological polar surface area (TPSA) is 55.4 Å². The van der Waals surface area contributed by atoms with E-state index in [0.29, 0.717) is 11.5 Å². The fourth-order valence-electron chi connectivity index (χ4n) is 2.97. The van der Waals surface area contributed by atoms with Crippen LogP contribution >= 0.6 is 12.2 Å². The molecule has 1 aliphatic heterocycles. The second-order valence-electron chi connectivity index (χ2n) is 7.02. The van der Waals surface area contributed by atoms with E-state index in [2.05, 4.69) is 0 Å². The zero-order valence-corrected chi connectivity index (χ0v) is 18.1. The molecular formula is C22H24F2O6S. The zero-order valence-electron chi connectivity index (χ0n) is 17.3. The van der Waals surface area contributed by atoms with E-state index in [1.165, 1.54) is 0 Å². The molecule has 0 aromatic heterocycles. The second kappa shape index (κ2) is 10.2. The molecule has 1 saturated heterocycles. The van der Waals surface area contributed by atoms with Crippen molar-refractivity contribution in [2.24, 2.45) is 0 Å². The fraction of sp³-hybridized carbons (Fsp3) is 0.409. The number of thiocarbonyl (C=S) groups is 1. The molecule has 2 aromatic rings. The van der Waals surface area contributed by atoms with Gasteiger partial charge in [-0.15, -0.1) is 0 Å². The van der Waals surface area contributed by atoms with Gasteiger partial charge in [0.05, 0.1) is 40.6 Å². The van der Waals surface area contributed by atoms with Gasteiger partial charge in [-0.2, -0.15) is 8.78 Å². The smallest absolute Gasteiger partial charge is 0.353 e. The minimum atomic E-state index is -3.37. The van der Waals surface area contributed by atoms with E-state index in [1.807, 2.05) is 0 Å². The molecule has 1 aliphatic rings. The lowest BCUT2D eigenvalue weighted by Gasteiger charge is -2.42. The summed E-state index contributed by atoms with van der Waals surface area (Å²) in [4.78, 5) is 0. The first-order chi connectivity index (χ1) is 14.9. The summed E-state index contributed by atoms with van der Waals surface area (Å²) >= 11 is 4.88. The molecule has 9 heteroatoms. The molecule has 168 valence electrons. The third-order valence-electron chi connectivity index (χ3n) is 4.84. The van der Waals surface area contributed by atoms with Gasteiger partial charge in [-0.05, 0) is 35.4 Å². The maximum atomic E-state index is 14.8. The van der Waals surface area contributed by atoms with Gasteiger partial charge in [-0.25, -0.2) is 0 Å². The van der Waals surface area contributed by atoms with Crippen LogP contribution in [0, 0.1) is 0 Å². The zero-order chi connectivity index (χ0) is 22.3. The molecule has 0 aliphatic carbocycles. The van der Waals surface area contributed by atoms with Crippen molar-refractivity contribution in [3.05, 3.63) is 59.7 Å². The third kappa shape index (κ3) is 5.81. The number of hydrogen-bond donors (Lipinski definition) is 0. The van der Waals surface area contributed by atoms with Crippen molar-refractivity contribution in [3.63, 3.8) is 0 Å². The Morgan fingerprint density at radius 1 is 0.839 bits per heavy atom. The fourth-order valence-corrected chi connectivity index (χ4v) is 3.19. The molecule has 0 spiro atoms. The molecule has 0 unspecified atom stereocenters. The monoisotopic (exact) mass is 454 g/mol. The van der Waals surface area contributed by atoms with E-state index >= 15 is 0 Å². The molecule has 6 nitrogen and oxygen atoms in total. The maximum Gasteiger partial charge on any atom is 0.353 e. The lowest BCUT2D eigenvalue weighted by atomic mass is 9.96. The van der Waals surface area contributed by atoms with Crippen molar-refractivity contribution >= 4 is 17.5 Å². The number of alkyl halides is 2. The molecule has 1 fully saturated rings. The molecule has 0 bridgehead atoms. The summed E-state index contributed by atoms with van der Waals surface area (Å²) in [7, 11) is 3.13. The number of ether oxygens (including phenoxy) is 6. The van der Waals surface area contributed by atoms with Crippen molar-refractivity contribution in [2.75, 3.05) is 34.0 Å². The summed E-state index contributed by atoms with van der Waals surface area (Å²) in [6.45, 7) is -1.55. The molecule has 0 saturated carbocycles. The van der Waals surface area contributed by atoms with Crippen LogP contribution in [0.1, 0.15) is 11.1 Å². The summed E-state index contributed by atoms with van der Waals surface area (Å²) in [6.07, 6.45) is 0. The number of hydrogen-bond acceptors (Lipinski definition) is 7. The van der Waals surface area contributed by atoms with Crippen LogP contribution in [-0.2, 0) is 32.2 Å². The lowest BCUT2D eigenvalue weighted by Crippen LogP contribution is -2.63. The number of benzene rings is 2. The predicted octanol–water partition coefficient (Wildman–Crippen LogP) is 4.14. The van der Waals surface area contributed by atoms with Gasteiger partial charge in [0.25, 0.3) is 0 Å². The van der Waals surface area contributed by atoms with Crippen molar-refractivity contribution in [3.8, 4) is 11.5 Å². The Morgan fingerprint density at radius 3 is 1.71 bits per heavy atom. The summed E-state index contributed by atoms with van der Waals surface area (Å²) in [5, 5.41) is -0.355. The molecule has 0 atom stereocenters. The first-order valence-corrected chi connectivity index (χ1v) is 9.93. The normalized spacial score (nSPS) is 16.8. The summed E-state index contributed by atoms with van der Waals surface area (Å²) in [5.41, 5.74) is -0.498. The molecule has 2 aromatic carbocycles. The minimum Gasteiger partial charge on any atom is -0.497 e. The highest BCUT2D eigenvalue weighted by molar-refractivity contribution is 7.79. The average Bonchev–Trinajstić information content (AvgIpc) is 2.77. The van der Waals surface area contributed by atoms with E-state index < -0.39 is 31.3 Å². The molecule has 0 amide bonds. The second-order valence-corrected chi connectivity index (χ2v) is 7.35. The molecule has 3 rings (SSSR count). The van der Waals surface area contributed by atoms with E-state index in [-0.39, 0.29) is 18.5 Å². The van der Waals surface area contributed by atoms with Gasteiger partial charge in [-0.1, -0.05) is 24.3 Å². The molecular weight excluding hydrogens is 430 g/mol. The van der Waals surface area contributed by atoms with E-state index in [4.69, 9.17) is 40.6 Å². The first kappa shape index (κ1) is 23.2. The Kier molecular flexibility index (Phi) is 7.64. The van der Waals surface area contributed by atoms with Crippen LogP contribution in [0.4, 0.5) is 8.78 Å². The molecule has 0 N–H and O–H groups in total. The quantitative estimate of drug-likeness (QED) is 0.500. The lowest BCUT2D eigenvalue weighted by molar-refractivity contribution is -0.262. The molecule has 0 radical (unpaired) electrons. The highest BCUT2D eigenvalue weighted by Gasteiger charge is 2.61. The van der Waals surface area contributed by atoms with Crippen molar-refractivity contribution in [2.45, 2.75) is 24.7 Å². The highest BCUT2D eigenvalue weighted by atomic mass is 32.1. The standard InChI is InChI=1S/C22H24F2O6S/c1-25-18-7-3-16(4-8-18)11-27-13-21(22(23,24)15-29-20(31)30-21)14-28-12-17-5-9-19(26-2)10-6-17/h3-10H,11-15H2,1-2H3. The van der Waals surface area contributed by atoms with Crippen LogP contribution in [0.15, 0.2) is 48.5 Å². The Hall–Kier alpha value is -2.49. The Bertz CT molecular complexity index is 804. The minimum absolute atomic E-state index is 0.108. The predicted molar refractivity (Wildman–Crippen MR) is 113 cm³/mol. The van der Waals surface area contributed by atoms with Crippen LogP contribution in [0.2, 0.25) is 0 Å². The third-order valence-corrected chi connectivity index (χ3v) is 5.04. The largest absolute Gasteiger partial charge is 0.497 e. The molecule has 1 heterocycles. The van der Waals surface area contributed by atoms with E-state index in [9.17, 15) is 8.78 Å². The number of halogens is 2. The Labute approximate surface area is 185 Å². The number of methoxy groups -OCH3 is 2. The summed E-state index contributed by atoms with van der Waals surface area (Å²) in [5.74, 6) is -1.98. The average molecular weight is 454 g/mol. The van der Waals surface area contributed by atoms with Crippen LogP contribution < -0.4 is 9.47 Å². The number of rotatable bonds is 10. The Morgan fingerprint density at radius 2 is 1.29 bits per heavy atom. The van der Waals surface area contributed by atoms with Crippen molar-refractivity contribution in [1.29, 1.82) is 0 Å². The van der Waals surface area contributed by atoms with Crippen LogP contribution in [0.3, 0.4) is 0 Å². The van der Waals surface area contributed by atoms with E-state index in [1.54, 1.807) is 62.8 Å². The first-order valence-electron chi connectivity index (χ1n) is 9.52.